The van der Waals surface area contributed by atoms with E-state index in [4.69, 9.17) is 16.3 Å². The van der Waals surface area contributed by atoms with Crippen LogP contribution in [0.1, 0.15) is 12.8 Å². The van der Waals surface area contributed by atoms with Gasteiger partial charge in [-0.15, -0.1) is 11.3 Å². The van der Waals surface area contributed by atoms with E-state index < -0.39 is 0 Å². The van der Waals surface area contributed by atoms with Gasteiger partial charge in [-0.1, -0.05) is 11.6 Å². The highest BCUT2D eigenvalue weighted by Crippen LogP contribution is 2.32. The van der Waals surface area contributed by atoms with E-state index in [0.717, 1.165) is 22.9 Å². The number of hydrogen-bond donors (Lipinski definition) is 1. The summed E-state index contributed by atoms with van der Waals surface area (Å²) in [4.78, 5) is 0. The van der Waals surface area contributed by atoms with Crippen LogP contribution >= 0.6 is 22.9 Å². The molecule has 2 nitrogen and oxygen atoms in total. The Morgan fingerprint density at radius 1 is 1.62 bits per heavy atom. The minimum absolute atomic E-state index is 0.440. The van der Waals surface area contributed by atoms with Gasteiger partial charge in [0.05, 0.1) is 11.8 Å². The van der Waals surface area contributed by atoms with E-state index in [0.29, 0.717) is 12.1 Å². The number of methoxy groups -OCH3 is 1. The molecular weight excluding hydrogens is 206 g/mol. The third-order valence-electron chi connectivity index (χ3n) is 2.41. The molecule has 0 spiro atoms. The average Bonchev–Trinajstić information content (AvgIpc) is 2.43. The van der Waals surface area contributed by atoms with Crippen LogP contribution in [0.15, 0.2) is 11.4 Å². The van der Waals surface area contributed by atoms with Crippen molar-refractivity contribution in [1.29, 1.82) is 0 Å². The van der Waals surface area contributed by atoms with Crippen molar-refractivity contribution >= 4 is 28.6 Å². The predicted octanol–water partition coefficient (Wildman–Crippen LogP) is 2.99. The summed E-state index contributed by atoms with van der Waals surface area (Å²) in [5.74, 6) is 0. The largest absolute Gasteiger partial charge is 0.381 e. The van der Waals surface area contributed by atoms with Gasteiger partial charge in [0.1, 0.15) is 4.34 Å². The van der Waals surface area contributed by atoms with E-state index in [-0.39, 0.29) is 0 Å². The number of halogens is 1. The summed E-state index contributed by atoms with van der Waals surface area (Å²) in [5.41, 5.74) is 1.06. The molecular formula is C9H12ClNOS. The maximum absolute atomic E-state index is 5.96. The molecule has 1 aromatic rings. The zero-order chi connectivity index (χ0) is 9.26. The van der Waals surface area contributed by atoms with E-state index in [2.05, 4.69) is 5.32 Å². The Kier molecular flexibility index (Phi) is 2.77. The van der Waals surface area contributed by atoms with Gasteiger partial charge in [-0.05, 0) is 24.3 Å². The summed E-state index contributed by atoms with van der Waals surface area (Å²) in [5, 5.41) is 5.39. The number of rotatable bonds is 3. The number of nitrogens with one attached hydrogen (secondary N) is 1. The third-order valence-corrected chi connectivity index (χ3v) is 3.58. The molecule has 0 atom stereocenters. The highest BCUT2D eigenvalue weighted by atomic mass is 35.5. The standard InChI is InChI=1S/C9H12ClNOS/c1-12-7-4-6(5-7)11-8-2-3-13-9(8)10/h2-3,6-7,11H,4-5H2,1H3. The SMILES string of the molecule is COC1CC(Nc2ccsc2Cl)C1. The van der Waals surface area contributed by atoms with E-state index in [9.17, 15) is 0 Å². The topological polar surface area (TPSA) is 21.3 Å². The van der Waals surface area contributed by atoms with Crippen LogP contribution < -0.4 is 5.32 Å². The number of hydrogen-bond acceptors (Lipinski definition) is 3. The van der Waals surface area contributed by atoms with Crippen molar-refractivity contribution in [2.75, 3.05) is 12.4 Å². The fourth-order valence-corrected chi connectivity index (χ4v) is 2.34. The lowest BCUT2D eigenvalue weighted by Crippen LogP contribution is -2.40. The fourth-order valence-electron chi connectivity index (χ4n) is 1.49. The zero-order valence-electron chi connectivity index (χ0n) is 7.42. The molecule has 1 aliphatic rings. The van der Waals surface area contributed by atoms with Crippen molar-refractivity contribution in [3.63, 3.8) is 0 Å². The molecule has 0 saturated heterocycles. The highest BCUT2D eigenvalue weighted by Gasteiger charge is 2.29. The molecule has 1 aliphatic carbocycles. The van der Waals surface area contributed by atoms with Crippen LogP contribution in [0.5, 0.6) is 0 Å². The summed E-state index contributed by atoms with van der Waals surface area (Å²) in [6.07, 6.45) is 2.61. The molecule has 1 fully saturated rings. The van der Waals surface area contributed by atoms with E-state index >= 15 is 0 Å². The fraction of sp³-hybridized carbons (Fsp3) is 0.556. The van der Waals surface area contributed by atoms with Crippen LogP contribution in [0.3, 0.4) is 0 Å². The molecule has 0 aromatic carbocycles. The number of thiophene rings is 1. The predicted molar refractivity (Wildman–Crippen MR) is 56.8 cm³/mol. The molecule has 72 valence electrons. The zero-order valence-corrected chi connectivity index (χ0v) is 8.99. The summed E-state index contributed by atoms with van der Waals surface area (Å²) in [7, 11) is 1.76. The molecule has 0 aliphatic heterocycles. The lowest BCUT2D eigenvalue weighted by atomic mass is 9.89. The normalized spacial score (nSPS) is 26.9. The lowest BCUT2D eigenvalue weighted by Gasteiger charge is -2.35. The van der Waals surface area contributed by atoms with Crippen molar-refractivity contribution in [2.45, 2.75) is 25.0 Å². The van der Waals surface area contributed by atoms with Gasteiger partial charge in [0.25, 0.3) is 0 Å². The lowest BCUT2D eigenvalue weighted by molar-refractivity contribution is 0.0329. The maximum atomic E-state index is 5.96. The Hall–Kier alpha value is -0.250. The van der Waals surface area contributed by atoms with Gasteiger partial charge in [0.15, 0.2) is 0 Å². The maximum Gasteiger partial charge on any atom is 0.116 e. The second kappa shape index (κ2) is 3.86. The molecule has 4 heteroatoms. The van der Waals surface area contributed by atoms with Crippen LogP contribution in [0.2, 0.25) is 4.34 Å². The average molecular weight is 218 g/mol. The Morgan fingerprint density at radius 3 is 2.92 bits per heavy atom. The van der Waals surface area contributed by atoms with E-state index in [1.165, 1.54) is 0 Å². The highest BCUT2D eigenvalue weighted by molar-refractivity contribution is 7.15. The smallest absolute Gasteiger partial charge is 0.116 e. The van der Waals surface area contributed by atoms with Crippen molar-refractivity contribution in [2.24, 2.45) is 0 Å². The Morgan fingerprint density at radius 2 is 2.38 bits per heavy atom. The monoisotopic (exact) mass is 217 g/mol. The van der Waals surface area contributed by atoms with Crippen molar-refractivity contribution in [3.05, 3.63) is 15.8 Å². The molecule has 13 heavy (non-hydrogen) atoms. The van der Waals surface area contributed by atoms with Crippen molar-refractivity contribution in [3.8, 4) is 0 Å². The second-order valence-electron chi connectivity index (χ2n) is 3.28. The van der Waals surface area contributed by atoms with Gasteiger partial charge in [-0.2, -0.15) is 0 Å². The van der Waals surface area contributed by atoms with Gasteiger partial charge in [0.2, 0.25) is 0 Å². The molecule has 1 N–H and O–H groups in total. The molecule has 0 unspecified atom stereocenters. The van der Waals surface area contributed by atoms with Crippen molar-refractivity contribution < 1.29 is 4.74 Å². The van der Waals surface area contributed by atoms with Gasteiger partial charge >= 0.3 is 0 Å². The first-order valence-electron chi connectivity index (χ1n) is 4.32. The first-order chi connectivity index (χ1) is 6.29. The van der Waals surface area contributed by atoms with E-state index in [1.807, 2.05) is 11.4 Å². The molecule has 1 saturated carbocycles. The third kappa shape index (κ3) is 1.98. The van der Waals surface area contributed by atoms with Crippen LogP contribution in [0.4, 0.5) is 5.69 Å². The minimum atomic E-state index is 0.440. The molecule has 0 amide bonds. The summed E-state index contributed by atoms with van der Waals surface area (Å²) >= 11 is 7.52. The molecule has 1 aromatic heterocycles. The second-order valence-corrected chi connectivity index (χ2v) is 4.80. The van der Waals surface area contributed by atoms with Crippen LogP contribution in [-0.4, -0.2) is 19.3 Å². The van der Waals surface area contributed by atoms with Crippen LogP contribution in [0, 0.1) is 0 Å². The molecule has 2 rings (SSSR count). The van der Waals surface area contributed by atoms with Gasteiger partial charge < -0.3 is 10.1 Å². The summed E-state index contributed by atoms with van der Waals surface area (Å²) < 4.78 is 6.04. The van der Waals surface area contributed by atoms with E-state index in [1.54, 1.807) is 18.4 Å². The Balaban J connectivity index is 1.84. The van der Waals surface area contributed by atoms with Crippen LogP contribution in [0.25, 0.3) is 0 Å². The molecule has 1 heterocycles. The first kappa shape index (κ1) is 9.31. The Labute approximate surface area is 86.9 Å². The van der Waals surface area contributed by atoms with Crippen LogP contribution in [-0.2, 0) is 4.74 Å². The van der Waals surface area contributed by atoms with Gasteiger partial charge in [-0.3, -0.25) is 0 Å². The number of ether oxygens (including phenoxy) is 1. The first-order valence-corrected chi connectivity index (χ1v) is 5.57. The quantitative estimate of drug-likeness (QED) is 0.841. The Bertz CT molecular complexity index is 283. The van der Waals surface area contributed by atoms with Gasteiger partial charge in [-0.25, -0.2) is 0 Å². The molecule has 0 radical (unpaired) electrons. The minimum Gasteiger partial charge on any atom is -0.381 e. The number of anilines is 1. The van der Waals surface area contributed by atoms with Gasteiger partial charge in [0, 0.05) is 13.2 Å². The van der Waals surface area contributed by atoms with Crippen molar-refractivity contribution in [1.82, 2.24) is 0 Å². The molecule has 0 bridgehead atoms. The summed E-state index contributed by atoms with van der Waals surface area (Å²) in [6.45, 7) is 0. The summed E-state index contributed by atoms with van der Waals surface area (Å²) in [6, 6.07) is 2.56.